The van der Waals surface area contributed by atoms with Gasteiger partial charge in [0.05, 0.1) is 11.9 Å². The summed E-state index contributed by atoms with van der Waals surface area (Å²) < 4.78 is 0. The molecule has 4 rings (SSSR count). The molecule has 0 saturated carbocycles. The Morgan fingerprint density at radius 2 is 1.72 bits per heavy atom. The average Bonchev–Trinajstić information content (AvgIpc) is 3.43. The largest absolute Gasteiger partial charge is 0.508 e. The molecule has 204 valence electrons. The molecule has 4 N–H and O–H groups in total. The smallest absolute Gasteiger partial charge is 0.254 e. The van der Waals surface area contributed by atoms with E-state index >= 15 is 0 Å². The third kappa shape index (κ3) is 6.99. The number of phenolic OH excluding ortho intramolecular Hbond substituents is 1. The van der Waals surface area contributed by atoms with Crippen LogP contribution in [0, 0.1) is 13.8 Å². The fraction of sp³-hybridized carbons (Fsp3) is 0.300. The van der Waals surface area contributed by atoms with Crippen LogP contribution in [0.1, 0.15) is 32.6 Å². The Morgan fingerprint density at radius 3 is 2.46 bits per heavy atom. The van der Waals surface area contributed by atoms with Gasteiger partial charge >= 0.3 is 0 Å². The number of aromatic hydroxyl groups is 1. The summed E-state index contributed by atoms with van der Waals surface area (Å²) in [6.07, 6.45) is -1.39. The number of hydrogen-bond acceptors (Lipinski definition) is 6. The molecule has 1 heterocycles. The zero-order chi connectivity index (χ0) is 27.9. The minimum atomic E-state index is -1.59. The summed E-state index contributed by atoms with van der Waals surface area (Å²) in [4.78, 5) is 41.1. The number of benzene rings is 3. The van der Waals surface area contributed by atoms with Crippen molar-refractivity contribution in [3.8, 4) is 5.75 Å². The zero-order valence-corrected chi connectivity index (χ0v) is 22.8. The molecular formula is C30H33N3O5S. The third-order valence-corrected chi connectivity index (χ3v) is 7.83. The van der Waals surface area contributed by atoms with E-state index < -0.39 is 30.0 Å². The Bertz CT molecular complexity index is 1330. The lowest BCUT2D eigenvalue weighted by Crippen LogP contribution is -2.56. The first-order chi connectivity index (χ1) is 18.7. The van der Waals surface area contributed by atoms with Gasteiger partial charge in [-0.3, -0.25) is 14.4 Å². The molecule has 9 heteroatoms. The summed E-state index contributed by atoms with van der Waals surface area (Å²) in [6, 6.07) is 20.0. The van der Waals surface area contributed by atoms with Gasteiger partial charge in [-0.15, -0.1) is 11.8 Å². The average molecular weight is 548 g/mol. The molecule has 1 aliphatic rings. The highest BCUT2D eigenvalue weighted by Gasteiger charge is 2.40. The number of rotatable bonds is 9. The summed E-state index contributed by atoms with van der Waals surface area (Å²) in [7, 11) is 0. The van der Waals surface area contributed by atoms with E-state index in [9.17, 15) is 24.6 Å². The lowest BCUT2D eigenvalue weighted by atomic mass is 9.98. The van der Waals surface area contributed by atoms with Gasteiger partial charge in [-0.2, -0.15) is 0 Å². The van der Waals surface area contributed by atoms with Gasteiger partial charge in [0, 0.05) is 23.4 Å². The van der Waals surface area contributed by atoms with Crippen LogP contribution < -0.4 is 10.6 Å². The van der Waals surface area contributed by atoms with Crippen LogP contribution in [-0.2, 0) is 22.6 Å². The van der Waals surface area contributed by atoms with Gasteiger partial charge in [0.25, 0.3) is 11.8 Å². The number of hydrogen-bond donors (Lipinski definition) is 4. The second-order valence-electron chi connectivity index (χ2n) is 9.69. The maximum absolute atomic E-state index is 13.5. The first kappa shape index (κ1) is 28.2. The molecule has 1 fully saturated rings. The SMILES string of the molecule is Cc1cccc(CNC(=O)[C@@H]2CSCN2C(=O)[C@@H](O)[C@H](Cc2ccccc2)NC(=O)c2cccc(O)c2C)c1. The van der Waals surface area contributed by atoms with Crippen LogP contribution in [-0.4, -0.2) is 62.7 Å². The number of aliphatic hydroxyl groups excluding tert-OH is 1. The fourth-order valence-corrected chi connectivity index (χ4v) is 5.74. The molecule has 0 bridgehead atoms. The number of amides is 3. The molecule has 8 nitrogen and oxygen atoms in total. The molecule has 3 amide bonds. The van der Waals surface area contributed by atoms with Crippen molar-refractivity contribution in [1.82, 2.24) is 15.5 Å². The van der Waals surface area contributed by atoms with Crippen molar-refractivity contribution in [2.45, 2.75) is 45.0 Å². The van der Waals surface area contributed by atoms with Gasteiger partial charge in [0.2, 0.25) is 5.91 Å². The van der Waals surface area contributed by atoms with Gasteiger partial charge in [-0.25, -0.2) is 0 Å². The molecular weight excluding hydrogens is 514 g/mol. The Morgan fingerprint density at radius 1 is 1.00 bits per heavy atom. The van der Waals surface area contributed by atoms with Gasteiger partial charge in [0.1, 0.15) is 11.8 Å². The van der Waals surface area contributed by atoms with Crippen LogP contribution in [0.15, 0.2) is 72.8 Å². The van der Waals surface area contributed by atoms with Crippen molar-refractivity contribution >= 4 is 29.5 Å². The molecule has 1 saturated heterocycles. The van der Waals surface area contributed by atoms with E-state index in [1.165, 1.54) is 22.7 Å². The quantitative estimate of drug-likeness (QED) is 0.327. The van der Waals surface area contributed by atoms with Crippen LogP contribution >= 0.6 is 11.8 Å². The molecule has 0 aromatic heterocycles. The Kier molecular flexibility index (Phi) is 9.27. The van der Waals surface area contributed by atoms with Crippen molar-refractivity contribution in [3.05, 3.63) is 101 Å². The van der Waals surface area contributed by atoms with E-state index in [2.05, 4.69) is 10.6 Å². The van der Waals surface area contributed by atoms with Crippen LogP contribution in [0.25, 0.3) is 0 Å². The molecule has 0 unspecified atom stereocenters. The van der Waals surface area contributed by atoms with Gasteiger partial charge in [-0.1, -0.05) is 66.2 Å². The van der Waals surface area contributed by atoms with E-state index in [0.29, 0.717) is 17.9 Å². The fourth-order valence-electron chi connectivity index (χ4n) is 4.57. The van der Waals surface area contributed by atoms with Gasteiger partial charge < -0.3 is 25.7 Å². The van der Waals surface area contributed by atoms with Gasteiger partial charge in [0.15, 0.2) is 6.10 Å². The molecule has 0 radical (unpaired) electrons. The van der Waals surface area contributed by atoms with E-state index in [0.717, 1.165) is 16.7 Å². The molecule has 3 aromatic carbocycles. The van der Waals surface area contributed by atoms with Crippen molar-refractivity contribution in [1.29, 1.82) is 0 Å². The number of nitrogens with zero attached hydrogens (tertiary/aromatic N) is 1. The van der Waals surface area contributed by atoms with E-state index in [-0.39, 0.29) is 29.5 Å². The number of aliphatic hydroxyl groups is 1. The summed E-state index contributed by atoms with van der Waals surface area (Å²) in [5.74, 6) is -0.774. The lowest BCUT2D eigenvalue weighted by Gasteiger charge is -2.30. The normalized spacial score (nSPS) is 16.4. The number of thioether (sulfide) groups is 1. The van der Waals surface area contributed by atoms with Crippen LogP contribution in [0.2, 0.25) is 0 Å². The van der Waals surface area contributed by atoms with Gasteiger partial charge in [-0.05, 0) is 43.5 Å². The highest BCUT2D eigenvalue weighted by atomic mass is 32.2. The third-order valence-electron chi connectivity index (χ3n) is 6.82. The predicted molar refractivity (Wildman–Crippen MR) is 151 cm³/mol. The Labute approximate surface area is 232 Å². The number of carbonyl (C=O) groups is 3. The summed E-state index contributed by atoms with van der Waals surface area (Å²) >= 11 is 1.44. The van der Waals surface area contributed by atoms with Crippen molar-refractivity contribution in [3.63, 3.8) is 0 Å². The number of carbonyl (C=O) groups excluding carboxylic acids is 3. The van der Waals surface area contributed by atoms with Crippen LogP contribution in [0.4, 0.5) is 0 Å². The molecule has 0 spiro atoms. The van der Waals surface area contributed by atoms with E-state index in [4.69, 9.17) is 0 Å². The number of phenols is 1. The molecule has 0 aliphatic carbocycles. The number of aryl methyl sites for hydroxylation is 1. The summed E-state index contributed by atoms with van der Waals surface area (Å²) in [5.41, 5.74) is 3.52. The monoisotopic (exact) mass is 547 g/mol. The maximum atomic E-state index is 13.5. The van der Waals surface area contributed by atoms with E-state index in [1.54, 1.807) is 19.1 Å². The molecule has 1 aliphatic heterocycles. The van der Waals surface area contributed by atoms with E-state index in [1.807, 2.05) is 61.5 Å². The highest BCUT2D eigenvalue weighted by Crippen LogP contribution is 2.24. The Hall–Kier alpha value is -3.82. The first-order valence-electron chi connectivity index (χ1n) is 12.8. The van der Waals surface area contributed by atoms with Crippen molar-refractivity contribution in [2.24, 2.45) is 0 Å². The summed E-state index contributed by atoms with van der Waals surface area (Å²) in [6.45, 7) is 3.94. The minimum Gasteiger partial charge on any atom is -0.508 e. The second-order valence-corrected chi connectivity index (χ2v) is 10.7. The van der Waals surface area contributed by atoms with Crippen molar-refractivity contribution in [2.75, 3.05) is 11.6 Å². The zero-order valence-electron chi connectivity index (χ0n) is 22.0. The summed E-state index contributed by atoms with van der Waals surface area (Å²) in [5, 5.41) is 27.0. The topological polar surface area (TPSA) is 119 Å². The van der Waals surface area contributed by atoms with Crippen molar-refractivity contribution < 1.29 is 24.6 Å². The molecule has 3 atom stereocenters. The first-order valence-corrected chi connectivity index (χ1v) is 13.9. The lowest BCUT2D eigenvalue weighted by molar-refractivity contribution is -0.146. The maximum Gasteiger partial charge on any atom is 0.254 e. The second kappa shape index (κ2) is 12.8. The standard InChI is InChI=1S/C30H33N3O5S/c1-19-8-6-11-22(14-19)16-31-29(37)25-17-39-18-33(25)30(38)27(35)24(15-21-9-4-3-5-10-21)32-28(36)23-12-7-13-26(34)20(23)2/h3-14,24-25,27,34-35H,15-18H2,1-2H3,(H,31,37)(H,32,36)/t24-,25-,27-/m0/s1. The highest BCUT2D eigenvalue weighted by molar-refractivity contribution is 7.99. The van der Waals surface area contributed by atoms with Crippen LogP contribution in [0.3, 0.4) is 0 Å². The Balaban J connectivity index is 1.49. The van der Waals surface area contributed by atoms with Crippen LogP contribution in [0.5, 0.6) is 5.75 Å². The number of nitrogens with one attached hydrogen (secondary N) is 2. The predicted octanol–water partition coefficient (Wildman–Crippen LogP) is 2.93. The molecule has 39 heavy (non-hydrogen) atoms. The minimum absolute atomic E-state index is 0.0208. The molecule has 3 aromatic rings.